The zero-order valence-electron chi connectivity index (χ0n) is 7.78. The molecule has 0 spiro atoms. The summed E-state index contributed by atoms with van der Waals surface area (Å²) in [5, 5.41) is 3.73. The molecule has 1 aromatic heterocycles. The molecule has 74 valence electrons. The predicted octanol–water partition coefficient (Wildman–Crippen LogP) is 1.24. The van der Waals surface area contributed by atoms with E-state index in [2.05, 4.69) is 29.4 Å². The monoisotopic (exact) mass is 202 g/mol. The van der Waals surface area contributed by atoms with E-state index in [1.165, 1.54) is 0 Å². The second-order valence-corrected chi connectivity index (χ2v) is 4.10. The van der Waals surface area contributed by atoms with E-state index in [0.29, 0.717) is 11.7 Å². The molecule has 0 aromatic carbocycles. The first kappa shape index (κ1) is 10.3. The summed E-state index contributed by atoms with van der Waals surface area (Å²) in [5.74, 6) is 8.31. The van der Waals surface area contributed by atoms with Crippen molar-refractivity contribution in [3.05, 3.63) is 5.82 Å². The van der Waals surface area contributed by atoms with Gasteiger partial charge in [-0.25, -0.2) is 5.84 Å². The van der Waals surface area contributed by atoms with Gasteiger partial charge in [-0.2, -0.15) is 16.7 Å². The summed E-state index contributed by atoms with van der Waals surface area (Å²) in [4.78, 5) is 3.99. The fraction of sp³-hybridized carbons (Fsp3) is 0.714. The Morgan fingerprint density at radius 3 is 2.92 bits per heavy atom. The molecule has 0 radical (unpaired) electrons. The number of nitrogens with zero attached hydrogens (tertiary/aromatic N) is 2. The number of hydrogen-bond acceptors (Lipinski definition) is 6. The van der Waals surface area contributed by atoms with Crippen LogP contribution in [0.2, 0.25) is 0 Å². The highest BCUT2D eigenvalue weighted by Gasteiger charge is 2.04. The van der Waals surface area contributed by atoms with Gasteiger partial charge in [-0.3, -0.25) is 5.43 Å². The molecule has 0 aliphatic carbocycles. The van der Waals surface area contributed by atoms with Crippen molar-refractivity contribution in [2.75, 3.05) is 11.2 Å². The fourth-order valence-corrected chi connectivity index (χ4v) is 1.65. The third kappa shape index (κ3) is 3.65. The van der Waals surface area contributed by atoms with Gasteiger partial charge in [0.15, 0.2) is 5.82 Å². The average molecular weight is 202 g/mol. The van der Waals surface area contributed by atoms with Crippen molar-refractivity contribution in [1.82, 2.24) is 10.1 Å². The lowest BCUT2D eigenvalue weighted by Crippen LogP contribution is -2.06. The molecule has 0 saturated carbocycles. The number of aromatic nitrogens is 2. The summed E-state index contributed by atoms with van der Waals surface area (Å²) in [7, 11) is 0. The highest BCUT2D eigenvalue weighted by Crippen LogP contribution is 2.13. The Morgan fingerprint density at radius 1 is 1.62 bits per heavy atom. The van der Waals surface area contributed by atoms with Gasteiger partial charge in [0.1, 0.15) is 0 Å². The molecule has 1 heterocycles. The molecule has 1 rings (SSSR count). The Morgan fingerprint density at radius 2 is 2.38 bits per heavy atom. The summed E-state index contributed by atoms with van der Waals surface area (Å²) in [6.07, 6.45) is 0. The van der Waals surface area contributed by atoms with Gasteiger partial charge in [0, 0.05) is 0 Å². The predicted molar refractivity (Wildman–Crippen MR) is 53.1 cm³/mol. The maximum absolute atomic E-state index is 5.09. The molecule has 5 nitrogen and oxygen atoms in total. The molecule has 13 heavy (non-hydrogen) atoms. The van der Waals surface area contributed by atoms with Crippen molar-refractivity contribution in [2.45, 2.75) is 19.6 Å². The molecule has 0 saturated heterocycles. The van der Waals surface area contributed by atoms with Gasteiger partial charge < -0.3 is 4.52 Å². The Kier molecular flexibility index (Phi) is 4.04. The largest absolute Gasteiger partial charge is 0.335 e. The number of nitrogen functional groups attached to an aromatic ring is 1. The van der Waals surface area contributed by atoms with Crippen LogP contribution in [0.3, 0.4) is 0 Å². The van der Waals surface area contributed by atoms with Crippen molar-refractivity contribution < 1.29 is 4.52 Å². The first-order valence-corrected chi connectivity index (χ1v) is 5.24. The molecule has 0 fully saturated rings. The zero-order valence-corrected chi connectivity index (χ0v) is 8.60. The van der Waals surface area contributed by atoms with Crippen LogP contribution in [-0.4, -0.2) is 15.9 Å². The van der Waals surface area contributed by atoms with Crippen molar-refractivity contribution in [3.8, 4) is 0 Å². The van der Waals surface area contributed by atoms with Crippen LogP contribution in [0.1, 0.15) is 19.7 Å². The van der Waals surface area contributed by atoms with Gasteiger partial charge in [0.25, 0.3) is 0 Å². The highest BCUT2D eigenvalue weighted by atomic mass is 32.2. The van der Waals surface area contributed by atoms with E-state index >= 15 is 0 Å². The van der Waals surface area contributed by atoms with Crippen LogP contribution in [0.15, 0.2) is 4.52 Å². The van der Waals surface area contributed by atoms with Crippen molar-refractivity contribution >= 4 is 17.8 Å². The molecular formula is C7H14N4OS. The van der Waals surface area contributed by atoms with Gasteiger partial charge in [-0.15, -0.1) is 0 Å². The van der Waals surface area contributed by atoms with Crippen LogP contribution < -0.4 is 11.3 Å². The number of nitrogens with one attached hydrogen (secondary N) is 1. The van der Waals surface area contributed by atoms with E-state index in [1.807, 2.05) is 0 Å². The Labute approximate surface area is 81.4 Å². The lowest BCUT2D eigenvalue weighted by atomic mass is 10.3. The normalized spacial score (nSPS) is 10.8. The van der Waals surface area contributed by atoms with Gasteiger partial charge >= 0.3 is 6.01 Å². The molecule has 0 aliphatic rings. The summed E-state index contributed by atoms with van der Waals surface area (Å²) in [5.41, 5.74) is 2.30. The molecule has 0 amide bonds. The molecule has 0 atom stereocenters. The lowest BCUT2D eigenvalue weighted by Gasteiger charge is -2.00. The summed E-state index contributed by atoms with van der Waals surface area (Å²) in [6, 6.07) is 0.264. The quantitative estimate of drug-likeness (QED) is 0.552. The standard InChI is InChI=1S/C7H14N4OS/c1-5(2)3-13-4-6-9-7(10-8)12-11-6/h5H,3-4,8H2,1-2H3,(H,9,10,11). The van der Waals surface area contributed by atoms with Crippen LogP contribution in [0.5, 0.6) is 0 Å². The van der Waals surface area contributed by atoms with Crippen LogP contribution in [0, 0.1) is 5.92 Å². The number of anilines is 1. The maximum atomic E-state index is 5.09. The molecule has 0 aliphatic heterocycles. The molecule has 6 heteroatoms. The smallest absolute Gasteiger partial charge is 0.314 e. The topological polar surface area (TPSA) is 77.0 Å². The minimum atomic E-state index is 0.264. The van der Waals surface area contributed by atoms with Gasteiger partial charge in [0.05, 0.1) is 5.75 Å². The first-order valence-electron chi connectivity index (χ1n) is 4.09. The first-order chi connectivity index (χ1) is 6.22. The molecule has 3 N–H and O–H groups in total. The highest BCUT2D eigenvalue weighted by molar-refractivity contribution is 7.98. The van der Waals surface area contributed by atoms with Crippen molar-refractivity contribution in [3.63, 3.8) is 0 Å². The summed E-state index contributed by atoms with van der Waals surface area (Å²) < 4.78 is 4.76. The second-order valence-electron chi connectivity index (χ2n) is 3.07. The zero-order chi connectivity index (χ0) is 9.68. The van der Waals surface area contributed by atoms with Crippen molar-refractivity contribution in [2.24, 2.45) is 11.8 Å². The Balaban J connectivity index is 2.28. The van der Waals surface area contributed by atoms with E-state index < -0.39 is 0 Å². The van der Waals surface area contributed by atoms with Crippen molar-refractivity contribution in [1.29, 1.82) is 0 Å². The van der Waals surface area contributed by atoms with E-state index in [0.717, 1.165) is 11.5 Å². The summed E-state index contributed by atoms with van der Waals surface area (Å²) >= 11 is 1.78. The average Bonchev–Trinajstić information content (AvgIpc) is 2.52. The van der Waals surface area contributed by atoms with E-state index in [-0.39, 0.29) is 6.01 Å². The number of thioether (sulfide) groups is 1. The second kappa shape index (κ2) is 5.08. The van der Waals surface area contributed by atoms with Crippen LogP contribution in [0.4, 0.5) is 6.01 Å². The third-order valence-electron chi connectivity index (χ3n) is 1.27. The van der Waals surface area contributed by atoms with Gasteiger partial charge in [-0.05, 0) is 11.7 Å². The van der Waals surface area contributed by atoms with E-state index in [1.54, 1.807) is 11.8 Å². The molecule has 0 bridgehead atoms. The fourth-order valence-electron chi connectivity index (χ4n) is 0.757. The Bertz CT molecular complexity index is 250. The number of nitrogens with two attached hydrogens (primary N) is 1. The SMILES string of the molecule is CC(C)CSCc1noc(NN)n1. The van der Waals surface area contributed by atoms with E-state index in [4.69, 9.17) is 10.4 Å². The van der Waals surface area contributed by atoms with Gasteiger partial charge in [0.2, 0.25) is 0 Å². The van der Waals surface area contributed by atoms with E-state index in [9.17, 15) is 0 Å². The Hall–Kier alpha value is -0.750. The molecule has 0 unspecified atom stereocenters. The minimum Gasteiger partial charge on any atom is -0.314 e. The maximum Gasteiger partial charge on any atom is 0.335 e. The lowest BCUT2D eigenvalue weighted by molar-refractivity contribution is 0.425. The summed E-state index contributed by atoms with van der Waals surface area (Å²) in [6.45, 7) is 4.35. The van der Waals surface area contributed by atoms with Gasteiger partial charge in [-0.1, -0.05) is 19.0 Å². The molecule has 1 aromatic rings. The third-order valence-corrected chi connectivity index (χ3v) is 2.64. The number of hydrogen-bond donors (Lipinski definition) is 2. The minimum absolute atomic E-state index is 0.264. The van der Waals surface area contributed by atoms with Crippen LogP contribution in [0.25, 0.3) is 0 Å². The number of rotatable bonds is 5. The number of hydrazine groups is 1. The van der Waals surface area contributed by atoms with Crippen LogP contribution >= 0.6 is 11.8 Å². The van der Waals surface area contributed by atoms with Crippen LogP contribution in [-0.2, 0) is 5.75 Å². The molecular weight excluding hydrogens is 188 g/mol.